The summed E-state index contributed by atoms with van der Waals surface area (Å²) in [5.41, 5.74) is 2.04. The maximum atomic E-state index is 13.8. The van der Waals surface area contributed by atoms with Crippen LogP contribution in [0.15, 0.2) is 24.4 Å². The average Bonchev–Trinajstić information content (AvgIpc) is 2.75. The molecule has 0 bridgehead atoms. The van der Waals surface area contributed by atoms with Crippen LogP contribution in [0, 0.1) is 11.7 Å². The van der Waals surface area contributed by atoms with Gasteiger partial charge in [-0.1, -0.05) is 6.07 Å². The minimum atomic E-state index is -0.104. The van der Waals surface area contributed by atoms with E-state index in [1.165, 1.54) is 12.8 Å². The molecule has 0 spiro atoms. The highest BCUT2D eigenvalue weighted by atomic mass is 19.1. The number of piperidine rings is 1. The van der Waals surface area contributed by atoms with Gasteiger partial charge in [0.2, 0.25) is 0 Å². The van der Waals surface area contributed by atoms with E-state index >= 15 is 0 Å². The molecule has 90 valence electrons. The lowest BCUT2D eigenvalue weighted by Crippen LogP contribution is -2.28. The van der Waals surface area contributed by atoms with E-state index in [9.17, 15) is 4.39 Å². The molecule has 1 fully saturated rings. The Morgan fingerprint density at radius 2 is 2.06 bits per heavy atom. The lowest BCUT2D eigenvalue weighted by Gasteiger charge is -2.22. The predicted octanol–water partition coefficient (Wildman–Crippen LogP) is 2.85. The number of fused-ring (bicyclic) bond motifs is 1. The minimum absolute atomic E-state index is 0.104. The Kier molecular flexibility index (Phi) is 2.85. The Bertz CT molecular complexity index is 512. The number of H-pyrrole nitrogens is 1. The first-order chi connectivity index (χ1) is 8.34. The summed E-state index contributed by atoms with van der Waals surface area (Å²) in [5.74, 6) is 0.586. The van der Waals surface area contributed by atoms with Gasteiger partial charge in [-0.25, -0.2) is 4.39 Å². The second-order valence-electron chi connectivity index (χ2n) is 4.87. The van der Waals surface area contributed by atoms with Crippen LogP contribution < -0.4 is 5.32 Å². The van der Waals surface area contributed by atoms with Crippen LogP contribution >= 0.6 is 0 Å². The first kappa shape index (κ1) is 10.8. The van der Waals surface area contributed by atoms with Crippen molar-refractivity contribution in [2.24, 2.45) is 5.92 Å². The molecule has 2 heterocycles. The van der Waals surface area contributed by atoms with Crippen LogP contribution in [-0.2, 0) is 6.42 Å². The highest BCUT2D eigenvalue weighted by molar-refractivity contribution is 5.83. The van der Waals surface area contributed by atoms with Gasteiger partial charge in [0, 0.05) is 17.1 Å². The second kappa shape index (κ2) is 4.49. The molecule has 0 amide bonds. The van der Waals surface area contributed by atoms with Gasteiger partial charge in [0.05, 0.1) is 0 Å². The molecule has 3 heteroatoms. The van der Waals surface area contributed by atoms with E-state index in [4.69, 9.17) is 0 Å². The third-order valence-electron chi connectivity index (χ3n) is 3.70. The quantitative estimate of drug-likeness (QED) is 0.818. The molecule has 1 aromatic heterocycles. The summed E-state index contributed by atoms with van der Waals surface area (Å²) in [5, 5.41) is 4.14. The number of benzene rings is 1. The van der Waals surface area contributed by atoms with Gasteiger partial charge in [0.15, 0.2) is 0 Å². The van der Waals surface area contributed by atoms with E-state index in [1.807, 2.05) is 12.3 Å². The summed E-state index contributed by atoms with van der Waals surface area (Å²) < 4.78 is 13.8. The standard InChI is InChI=1S/C14H17FN2/c15-12-2-1-3-13-14(12)11(9-17-13)8-10-4-6-16-7-5-10/h1-3,9-10,16-17H,4-8H2. The third kappa shape index (κ3) is 2.07. The molecule has 2 N–H and O–H groups in total. The molecule has 2 aromatic rings. The molecule has 2 nitrogen and oxygen atoms in total. The summed E-state index contributed by atoms with van der Waals surface area (Å²) in [6.07, 6.45) is 5.35. The van der Waals surface area contributed by atoms with E-state index in [2.05, 4.69) is 10.3 Å². The zero-order chi connectivity index (χ0) is 11.7. The van der Waals surface area contributed by atoms with Crippen LogP contribution in [0.4, 0.5) is 4.39 Å². The third-order valence-corrected chi connectivity index (χ3v) is 3.70. The van der Waals surface area contributed by atoms with Crippen molar-refractivity contribution < 1.29 is 4.39 Å². The Morgan fingerprint density at radius 1 is 1.24 bits per heavy atom. The molecule has 0 saturated carbocycles. The van der Waals surface area contributed by atoms with Crippen molar-refractivity contribution in [3.63, 3.8) is 0 Å². The molecular formula is C14H17FN2. The van der Waals surface area contributed by atoms with Crippen molar-refractivity contribution >= 4 is 10.9 Å². The van der Waals surface area contributed by atoms with Crippen LogP contribution in [0.2, 0.25) is 0 Å². The SMILES string of the molecule is Fc1cccc2[nH]cc(CC3CCNCC3)c12. The van der Waals surface area contributed by atoms with Crippen molar-refractivity contribution in [2.45, 2.75) is 19.3 Å². The molecule has 1 aliphatic heterocycles. The molecule has 1 saturated heterocycles. The van der Waals surface area contributed by atoms with Crippen molar-refractivity contribution in [3.8, 4) is 0 Å². The second-order valence-corrected chi connectivity index (χ2v) is 4.87. The summed E-state index contributed by atoms with van der Waals surface area (Å²) in [4.78, 5) is 3.16. The molecule has 1 aromatic carbocycles. The van der Waals surface area contributed by atoms with Crippen LogP contribution in [0.5, 0.6) is 0 Å². The lowest BCUT2D eigenvalue weighted by molar-refractivity contribution is 0.373. The number of aromatic nitrogens is 1. The van der Waals surface area contributed by atoms with Crippen LogP contribution in [0.3, 0.4) is 0 Å². The number of halogens is 1. The molecule has 17 heavy (non-hydrogen) atoms. The Hall–Kier alpha value is -1.35. The molecule has 0 aliphatic carbocycles. The fourth-order valence-corrected chi connectivity index (χ4v) is 2.77. The number of nitrogens with one attached hydrogen (secondary N) is 2. The smallest absolute Gasteiger partial charge is 0.132 e. The number of hydrogen-bond acceptors (Lipinski definition) is 1. The molecule has 0 unspecified atom stereocenters. The highest BCUT2D eigenvalue weighted by Gasteiger charge is 2.16. The van der Waals surface area contributed by atoms with Crippen LogP contribution in [0.1, 0.15) is 18.4 Å². The Balaban J connectivity index is 1.89. The minimum Gasteiger partial charge on any atom is -0.361 e. The zero-order valence-electron chi connectivity index (χ0n) is 9.80. The summed E-state index contributed by atoms with van der Waals surface area (Å²) in [6, 6.07) is 5.23. The normalized spacial score (nSPS) is 17.7. The number of hydrogen-bond donors (Lipinski definition) is 2. The van der Waals surface area contributed by atoms with Crippen molar-refractivity contribution in [1.82, 2.24) is 10.3 Å². The monoisotopic (exact) mass is 232 g/mol. The van der Waals surface area contributed by atoms with E-state index < -0.39 is 0 Å². The van der Waals surface area contributed by atoms with Gasteiger partial charge in [0.1, 0.15) is 5.82 Å². The summed E-state index contributed by atoms with van der Waals surface area (Å²) in [6.45, 7) is 2.19. The molecule has 0 atom stereocenters. The van der Waals surface area contributed by atoms with Crippen molar-refractivity contribution in [1.29, 1.82) is 0 Å². The van der Waals surface area contributed by atoms with Crippen molar-refractivity contribution in [3.05, 3.63) is 35.8 Å². The Labute approximate surface area is 100 Å². The average molecular weight is 232 g/mol. The maximum Gasteiger partial charge on any atom is 0.132 e. The van der Waals surface area contributed by atoms with Gasteiger partial charge in [-0.15, -0.1) is 0 Å². The zero-order valence-corrected chi connectivity index (χ0v) is 9.80. The van der Waals surface area contributed by atoms with E-state index in [-0.39, 0.29) is 5.82 Å². The van der Waals surface area contributed by atoms with Gasteiger partial charge in [0.25, 0.3) is 0 Å². The molecule has 0 radical (unpaired) electrons. The van der Waals surface area contributed by atoms with Gasteiger partial charge < -0.3 is 10.3 Å². The lowest BCUT2D eigenvalue weighted by atomic mass is 9.91. The fourth-order valence-electron chi connectivity index (χ4n) is 2.77. The number of aromatic amines is 1. The van der Waals surface area contributed by atoms with Crippen molar-refractivity contribution in [2.75, 3.05) is 13.1 Å². The van der Waals surface area contributed by atoms with Gasteiger partial charge in [-0.3, -0.25) is 0 Å². The van der Waals surface area contributed by atoms with E-state index in [0.29, 0.717) is 5.92 Å². The van der Waals surface area contributed by atoms with E-state index in [1.54, 1.807) is 12.1 Å². The molecule has 3 rings (SSSR count). The van der Waals surface area contributed by atoms with Crippen LogP contribution in [0.25, 0.3) is 10.9 Å². The summed E-state index contributed by atoms with van der Waals surface area (Å²) in [7, 11) is 0. The summed E-state index contributed by atoms with van der Waals surface area (Å²) >= 11 is 0. The Morgan fingerprint density at radius 3 is 2.88 bits per heavy atom. The highest BCUT2D eigenvalue weighted by Crippen LogP contribution is 2.26. The van der Waals surface area contributed by atoms with Gasteiger partial charge in [-0.05, 0) is 56.0 Å². The molecular weight excluding hydrogens is 215 g/mol. The van der Waals surface area contributed by atoms with Gasteiger partial charge in [-0.2, -0.15) is 0 Å². The van der Waals surface area contributed by atoms with Crippen LogP contribution in [-0.4, -0.2) is 18.1 Å². The fraction of sp³-hybridized carbons (Fsp3) is 0.429. The first-order valence-corrected chi connectivity index (χ1v) is 6.30. The molecule has 1 aliphatic rings. The van der Waals surface area contributed by atoms with Gasteiger partial charge >= 0.3 is 0 Å². The topological polar surface area (TPSA) is 27.8 Å². The first-order valence-electron chi connectivity index (χ1n) is 6.30. The van der Waals surface area contributed by atoms with E-state index in [0.717, 1.165) is 36.0 Å². The number of rotatable bonds is 2. The maximum absolute atomic E-state index is 13.8. The predicted molar refractivity (Wildman–Crippen MR) is 67.6 cm³/mol. The largest absolute Gasteiger partial charge is 0.361 e.